The zero-order valence-electron chi connectivity index (χ0n) is 13.6. The normalized spacial score (nSPS) is 11.0. The van der Waals surface area contributed by atoms with E-state index in [2.05, 4.69) is 35.3 Å². The van der Waals surface area contributed by atoms with Gasteiger partial charge in [-0.25, -0.2) is 0 Å². The molecule has 1 N–H and O–H groups in total. The number of nitrogens with zero attached hydrogens (tertiary/aromatic N) is 1. The number of hydrogen-bond acceptors (Lipinski definition) is 2. The van der Waals surface area contributed by atoms with E-state index < -0.39 is 5.97 Å². The standard InChI is InChI=1S/C22H17NO2/c24-21(25)12-11-15-6-3-9-19-17(15)8-4-10-20(19)22-18-7-2-1-5-16(18)13-14-23-22/h1-10,13-14H,11-12H2,(H,24,25). The lowest BCUT2D eigenvalue weighted by Crippen LogP contribution is -1.98. The predicted octanol–water partition coefficient (Wildman–Crippen LogP) is 5.07. The van der Waals surface area contributed by atoms with Crippen molar-refractivity contribution in [3.05, 3.63) is 78.5 Å². The van der Waals surface area contributed by atoms with Gasteiger partial charge in [0.2, 0.25) is 0 Å². The number of carboxylic acids is 1. The molecule has 3 heteroatoms. The second-order valence-corrected chi connectivity index (χ2v) is 6.09. The third kappa shape index (κ3) is 2.85. The molecule has 25 heavy (non-hydrogen) atoms. The van der Waals surface area contributed by atoms with Crippen LogP contribution >= 0.6 is 0 Å². The van der Waals surface area contributed by atoms with Crippen molar-refractivity contribution >= 4 is 27.5 Å². The summed E-state index contributed by atoms with van der Waals surface area (Å²) in [5.74, 6) is -0.774. The van der Waals surface area contributed by atoms with Crippen LogP contribution in [-0.2, 0) is 11.2 Å². The van der Waals surface area contributed by atoms with E-state index in [0.29, 0.717) is 6.42 Å². The Labute approximate surface area is 145 Å². The summed E-state index contributed by atoms with van der Waals surface area (Å²) in [6.45, 7) is 0. The van der Waals surface area contributed by atoms with Crippen LogP contribution in [-0.4, -0.2) is 16.1 Å². The third-order valence-corrected chi connectivity index (χ3v) is 4.55. The molecule has 1 aromatic heterocycles. The summed E-state index contributed by atoms with van der Waals surface area (Å²) in [5.41, 5.74) is 3.09. The van der Waals surface area contributed by atoms with Crippen molar-refractivity contribution in [2.24, 2.45) is 0 Å². The number of hydrogen-bond donors (Lipinski definition) is 1. The van der Waals surface area contributed by atoms with Crippen LogP contribution in [0, 0.1) is 0 Å². The maximum absolute atomic E-state index is 10.9. The van der Waals surface area contributed by atoms with Crippen molar-refractivity contribution in [2.75, 3.05) is 0 Å². The van der Waals surface area contributed by atoms with Gasteiger partial charge in [0, 0.05) is 23.6 Å². The molecule has 1 heterocycles. The van der Waals surface area contributed by atoms with E-state index in [9.17, 15) is 4.79 Å². The molecule has 0 radical (unpaired) electrons. The van der Waals surface area contributed by atoms with Gasteiger partial charge in [0.25, 0.3) is 0 Å². The average molecular weight is 327 g/mol. The van der Waals surface area contributed by atoms with Crippen molar-refractivity contribution < 1.29 is 9.90 Å². The molecule has 0 unspecified atom stereocenters. The molecule has 3 nitrogen and oxygen atoms in total. The second kappa shape index (κ2) is 6.36. The van der Waals surface area contributed by atoms with E-state index in [1.165, 1.54) is 0 Å². The second-order valence-electron chi connectivity index (χ2n) is 6.09. The number of pyridine rings is 1. The summed E-state index contributed by atoms with van der Waals surface area (Å²) in [4.78, 5) is 15.6. The molecule has 0 saturated carbocycles. The number of benzene rings is 3. The molecule has 3 aromatic carbocycles. The van der Waals surface area contributed by atoms with Crippen molar-refractivity contribution in [3.63, 3.8) is 0 Å². The summed E-state index contributed by atoms with van der Waals surface area (Å²) in [6.07, 6.45) is 2.50. The summed E-state index contributed by atoms with van der Waals surface area (Å²) in [7, 11) is 0. The smallest absolute Gasteiger partial charge is 0.303 e. The van der Waals surface area contributed by atoms with Gasteiger partial charge < -0.3 is 5.11 Å². The number of aliphatic carboxylic acids is 1. The highest BCUT2D eigenvalue weighted by Crippen LogP contribution is 2.33. The van der Waals surface area contributed by atoms with Crippen LogP contribution in [0.3, 0.4) is 0 Å². The van der Waals surface area contributed by atoms with Crippen LogP contribution in [0.25, 0.3) is 32.8 Å². The first-order chi connectivity index (χ1) is 12.2. The molecule has 0 spiro atoms. The fourth-order valence-corrected chi connectivity index (χ4v) is 3.38. The van der Waals surface area contributed by atoms with Gasteiger partial charge in [-0.2, -0.15) is 0 Å². The highest BCUT2D eigenvalue weighted by Gasteiger charge is 2.11. The lowest BCUT2D eigenvalue weighted by atomic mass is 9.94. The summed E-state index contributed by atoms with van der Waals surface area (Å²) >= 11 is 0. The first-order valence-corrected chi connectivity index (χ1v) is 8.30. The van der Waals surface area contributed by atoms with Gasteiger partial charge in [-0.3, -0.25) is 9.78 Å². The molecule has 0 aliphatic heterocycles. The van der Waals surface area contributed by atoms with E-state index in [0.717, 1.165) is 38.4 Å². The van der Waals surface area contributed by atoms with Gasteiger partial charge in [-0.05, 0) is 34.2 Å². The lowest BCUT2D eigenvalue weighted by Gasteiger charge is -2.11. The van der Waals surface area contributed by atoms with Crippen molar-refractivity contribution in [1.29, 1.82) is 0 Å². The Morgan fingerprint density at radius 2 is 1.60 bits per heavy atom. The van der Waals surface area contributed by atoms with Gasteiger partial charge in [-0.1, -0.05) is 60.7 Å². The van der Waals surface area contributed by atoms with E-state index in [-0.39, 0.29) is 6.42 Å². The molecule has 0 fully saturated rings. The van der Waals surface area contributed by atoms with E-state index >= 15 is 0 Å². The first-order valence-electron chi connectivity index (χ1n) is 8.30. The minimum atomic E-state index is -0.774. The molecule has 0 bridgehead atoms. The highest BCUT2D eigenvalue weighted by atomic mass is 16.4. The maximum Gasteiger partial charge on any atom is 0.303 e. The lowest BCUT2D eigenvalue weighted by molar-refractivity contribution is -0.136. The van der Waals surface area contributed by atoms with Crippen LogP contribution < -0.4 is 0 Å². The fraction of sp³-hybridized carbons (Fsp3) is 0.0909. The molecule has 0 atom stereocenters. The Morgan fingerprint density at radius 3 is 2.48 bits per heavy atom. The molecule has 0 aliphatic carbocycles. The van der Waals surface area contributed by atoms with Crippen molar-refractivity contribution in [2.45, 2.75) is 12.8 Å². The largest absolute Gasteiger partial charge is 0.481 e. The zero-order chi connectivity index (χ0) is 17.2. The number of carbonyl (C=O) groups is 1. The number of carboxylic acid groups (broad SMARTS) is 1. The van der Waals surface area contributed by atoms with Gasteiger partial charge >= 0.3 is 5.97 Å². The topological polar surface area (TPSA) is 50.2 Å². The molecule has 0 amide bonds. The monoisotopic (exact) mass is 327 g/mol. The molecule has 0 saturated heterocycles. The predicted molar refractivity (Wildman–Crippen MR) is 101 cm³/mol. The zero-order valence-corrected chi connectivity index (χ0v) is 13.6. The van der Waals surface area contributed by atoms with Crippen molar-refractivity contribution in [1.82, 2.24) is 4.98 Å². The number of rotatable bonds is 4. The molecule has 4 aromatic rings. The Bertz CT molecular complexity index is 1080. The number of aromatic nitrogens is 1. The Morgan fingerprint density at radius 1 is 0.840 bits per heavy atom. The van der Waals surface area contributed by atoms with Gasteiger partial charge in [0.15, 0.2) is 0 Å². The molecule has 122 valence electrons. The number of fused-ring (bicyclic) bond motifs is 2. The quantitative estimate of drug-likeness (QED) is 0.569. The van der Waals surface area contributed by atoms with Crippen LogP contribution in [0.15, 0.2) is 72.9 Å². The van der Waals surface area contributed by atoms with Crippen LogP contribution in [0.2, 0.25) is 0 Å². The van der Waals surface area contributed by atoms with Gasteiger partial charge in [-0.15, -0.1) is 0 Å². The van der Waals surface area contributed by atoms with Gasteiger partial charge in [0.1, 0.15) is 0 Å². The van der Waals surface area contributed by atoms with E-state index in [4.69, 9.17) is 5.11 Å². The molecule has 0 aliphatic rings. The van der Waals surface area contributed by atoms with Crippen LogP contribution in [0.5, 0.6) is 0 Å². The highest BCUT2D eigenvalue weighted by molar-refractivity contribution is 6.04. The third-order valence-electron chi connectivity index (χ3n) is 4.55. The van der Waals surface area contributed by atoms with Crippen LogP contribution in [0.1, 0.15) is 12.0 Å². The molecular weight excluding hydrogens is 310 g/mol. The summed E-state index contributed by atoms with van der Waals surface area (Å²) in [6, 6.07) is 22.5. The Hall–Kier alpha value is -3.20. The average Bonchev–Trinajstić information content (AvgIpc) is 2.65. The van der Waals surface area contributed by atoms with E-state index in [1.54, 1.807) is 0 Å². The molecule has 4 rings (SSSR count). The SMILES string of the molecule is O=C(O)CCc1cccc2c(-c3nccc4ccccc34)cccc12. The molecular formula is C22H17NO2. The Balaban J connectivity index is 1.93. The maximum atomic E-state index is 10.9. The van der Waals surface area contributed by atoms with Crippen LogP contribution in [0.4, 0.5) is 0 Å². The minimum absolute atomic E-state index is 0.135. The minimum Gasteiger partial charge on any atom is -0.481 e. The van der Waals surface area contributed by atoms with Crippen molar-refractivity contribution in [3.8, 4) is 11.3 Å². The van der Waals surface area contributed by atoms with E-state index in [1.807, 2.05) is 42.6 Å². The summed E-state index contributed by atoms with van der Waals surface area (Å²) in [5, 5.41) is 13.5. The fourth-order valence-electron chi connectivity index (χ4n) is 3.38. The summed E-state index contributed by atoms with van der Waals surface area (Å²) < 4.78 is 0. The Kier molecular flexibility index (Phi) is 3.90. The van der Waals surface area contributed by atoms with Gasteiger partial charge in [0.05, 0.1) is 5.69 Å². The number of aryl methyl sites for hydroxylation is 1. The first kappa shape index (κ1) is 15.3.